The van der Waals surface area contributed by atoms with Gasteiger partial charge in [-0.05, 0) is 6.42 Å². The average molecular weight is 148 g/mol. The van der Waals surface area contributed by atoms with Gasteiger partial charge >= 0.3 is 0 Å². The van der Waals surface area contributed by atoms with Crippen molar-refractivity contribution in [3.8, 4) is 0 Å². The van der Waals surface area contributed by atoms with Crippen molar-refractivity contribution < 1.29 is 14.9 Å². The molecule has 0 radical (unpaired) electrons. The van der Waals surface area contributed by atoms with E-state index in [-0.39, 0.29) is 19.3 Å². The van der Waals surface area contributed by atoms with Crippen molar-refractivity contribution in [1.82, 2.24) is 0 Å². The van der Waals surface area contributed by atoms with Gasteiger partial charge in [0.15, 0.2) is 0 Å². The van der Waals surface area contributed by atoms with E-state index >= 15 is 0 Å². The summed E-state index contributed by atoms with van der Waals surface area (Å²) in [7, 11) is 0. The summed E-state index contributed by atoms with van der Waals surface area (Å²) in [6, 6.07) is 0. The van der Waals surface area contributed by atoms with Crippen LogP contribution in [0, 0.1) is 0 Å². The Hall–Kier alpha value is -0.120. The minimum atomic E-state index is -0.383. The van der Waals surface area contributed by atoms with E-state index in [1.165, 1.54) is 0 Å². The summed E-state index contributed by atoms with van der Waals surface area (Å²) in [6.07, 6.45) is 1.67. The van der Waals surface area contributed by atoms with Gasteiger partial charge in [0.25, 0.3) is 0 Å². The zero-order valence-electron chi connectivity index (χ0n) is 6.42. The van der Waals surface area contributed by atoms with Gasteiger partial charge in [0.05, 0.1) is 13.2 Å². The van der Waals surface area contributed by atoms with Crippen molar-refractivity contribution in [1.29, 1.82) is 0 Å². The second-order valence-corrected chi connectivity index (χ2v) is 2.21. The number of rotatable bonds is 6. The molecule has 0 atom stereocenters. The fraction of sp³-hybridized carbons (Fsp3) is 1.00. The van der Waals surface area contributed by atoms with E-state index in [0.29, 0.717) is 6.61 Å². The molecule has 0 saturated heterocycles. The Balaban J connectivity index is 3.09. The molecule has 0 aliphatic carbocycles. The summed E-state index contributed by atoms with van der Waals surface area (Å²) < 4.78 is 5.08. The average Bonchev–Trinajstić information content (AvgIpc) is 1.99. The molecule has 0 unspecified atom stereocenters. The predicted octanol–water partition coefficient (Wildman–Crippen LogP) is 0.156. The van der Waals surface area contributed by atoms with E-state index in [0.717, 1.165) is 12.8 Å². The van der Waals surface area contributed by atoms with Crippen molar-refractivity contribution in [2.75, 3.05) is 19.8 Å². The Morgan fingerprint density at radius 1 is 1.30 bits per heavy atom. The van der Waals surface area contributed by atoms with Crippen LogP contribution in [0.15, 0.2) is 0 Å². The first-order valence-electron chi connectivity index (χ1n) is 3.68. The third-order valence-electron chi connectivity index (χ3n) is 1.26. The Labute approximate surface area is 61.6 Å². The van der Waals surface area contributed by atoms with E-state index in [2.05, 4.69) is 6.92 Å². The fourth-order valence-electron chi connectivity index (χ4n) is 0.557. The van der Waals surface area contributed by atoms with Gasteiger partial charge in [-0.15, -0.1) is 0 Å². The van der Waals surface area contributed by atoms with Crippen molar-refractivity contribution in [2.45, 2.75) is 25.9 Å². The molecule has 0 spiro atoms. The largest absolute Gasteiger partial charge is 0.394 e. The smallest absolute Gasteiger partial charge is 0.104 e. The van der Waals surface area contributed by atoms with E-state index in [4.69, 9.17) is 14.9 Å². The van der Waals surface area contributed by atoms with Crippen molar-refractivity contribution in [3.05, 3.63) is 0 Å². The molecule has 0 aromatic carbocycles. The van der Waals surface area contributed by atoms with Gasteiger partial charge in [0.1, 0.15) is 6.10 Å². The molecule has 0 amide bonds. The van der Waals surface area contributed by atoms with Crippen molar-refractivity contribution >= 4 is 0 Å². The van der Waals surface area contributed by atoms with Crippen LogP contribution in [0.2, 0.25) is 0 Å². The molecule has 0 aromatic rings. The number of hydrogen-bond acceptors (Lipinski definition) is 3. The summed E-state index contributed by atoms with van der Waals surface area (Å²) in [5.41, 5.74) is 0. The van der Waals surface area contributed by atoms with Crippen LogP contribution in [0.5, 0.6) is 0 Å². The highest BCUT2D eigenvalue weighted by atomic mass is 16.5. The molecule has 2 N–H and O–H groups in total. The molecule has 0 fully saturated rings. The Kier molecular flexibility index (Phi) is 6.91. The summed E-state index contributed by atoms with van der Waals surface area (Å²) in [4.78, 5) is 0. The third kappa shape index (κ3) is 4.73. The van der Waals surface area contributed by atoms with Crippen LogP contribution in [-0.4, -0.2) is 36.1 Å². The van der Waals surface area contributed by atoms with Crippen LogP contribution in [0.1, 0.15) is 19.8 Å². The normalized spacial score (nSPS) is 10.8. The minimum absolute atomic E-state index is 0.0970. The molecular formula is C7H16O3. The van der Waals surface area contributed by atoms with Crippen LogP contribution < -0.4 is 0 Å². The Bertz CT molecular complexity index is 61.9. The second-order valence-electron chi connectivity index (χ2n) is 2.21. The standard InChI is InChI=1S/C7H16O3/c1-2-3-4-10-7(5-8)6-9/h7-9H,2-6H2,1H3. The number of hydrogen-bond donors (Lipinski definition) is 2. The molecule has 0 bridgehead atoms. The summed E-state index contributed by atoms with van der Waals surface area (Å²) in [5.74, 6) is 0. The number of ether oxygens (including phenoxy) is 1. The lowest BCUT2D eigenvalue weighted by Crippen LogP contribution is -2.22. The summed E-state index contributed by atoms with van der Waals surface area (Å²) in [6.45, 7) is 2.50. The van der Waals surface area contributed by atoms with Crippen molar-refractivity contribution in [3.63, 3.8) is 0 Å². The van der Waals surface area contributed by atoms with Gasteiger partial charge in [-0.2, -0.15) is 0 Å². The molecule has 0 aromatic heterocycles. The lowest BCUT2D eigenvalue weighted by molar-refractivity contribution is -0.0204. The first kappa shape index (κ1) is 9.88. The maximum Gasteiger partial charge on any atom is 0.104 e. The molecule has 0 rings (SSSR count). The molecule has 3 nitrogen and oxygen atoms in total. The number of aliphatic hydroxyl groups excluding tert-OH is 2. The number of unbranched alkanes of at least 4 members (excludes halogenated alkanes) is 1. The minimum Gasteiger partial charge on any atom is -0.394 e. The van der Waals surface area contributed by atoms with Crippen LogP contribution in [0.4, 0.5) is 0 Å². The lowest BCUT2D eigenvalue weighted by Gasteiger charge is -2.11. The molecule has 0 aliphatic rings. The van der Waals surface area contributed by atoms with Crippen LogP contribution in [0.25, 0.3) is 0 Å². The van der Waals surface area contributed by atoms with Gasteiger partial charge in [-0.1, -0.05) is 13.3 Å². The Morgan fingerprint density at radius 2 is 1.90 bits per heavy atom. The summed E-state index contributed by atoms with van der Waals surface area (Å²) >= 11 is 0. The fourth-order valence-corrected chi connectivity index (χ4v) is 0.557. The van der Waals surface area contributed by atoms with Crippen LogP contribution >= 0.6 is 0 Å². The molecule has 0 heterocycles. The molecule has 10 heavy (non-hydrogen) atoms. The van der Waals surface area contributed by atoms with E-state index < -0.39 is 0 Å². The maximum absolute atomic E-state index is 8.54. The molecule has 0 aliphatic heterocycles. The maximum atomic E-state index is 8.54. The number of aliphatic hydroxyl groups is 2. The Morgan fingerprint density at radius 3 is 2.30 bits per heavy atom. The van der Waals surface area contributed by atoms with Gasteiger partial charge in [0, 0.05) is 6.61 Å². The summed E-state index contributed by atoms with van der Waals surface area (Å²) in [5, 5.41) is 17.1. The van der Waals surface area contributed by atoms with Gasteiger partial charge in [-0.25, -0.2) is 0 Å². The van der Waals surface area contributed by atoms with Crippen LogP contribution in [-0.2, 0) is 4.74 Å². The van der Waals surface area contributed by atoms with E-state index in [1.54, 1.807) is 0 Å². The highest BCUT2D eigenvalue weighted by Crippen LogP contribution is 1.93. The quantitative estimate of drug-likeness (QED) is 0.527. The first-order valence-corrected chi connectivity index (χ1v) is 3.68. The lowest BCUT2D eigenvalue weighted by atomic mass is 10.3. The van der Waals surface area contributed by atoms with Gasteiger partial charge < -0.3 is 14.9 Å². The molecular weight excluding hydrogens is 132 g/mol. The van der Waals surface area contributed by atoms with Gasteiger partial charge in [-0.3, -0.25) is 0 Å². The monoisotopic (exact) mass is 148 g/mol. The SMILES string of the molecule is CCCCOC(CO)CO. The molecule has 3 heteroatoms. The predicted molar refractivity (Wildman–Crippen MR) is 38.8 cm³/mol. The van der Waals surface area contributed by atoms with E-state index in [1.807, 2.05) is 0 Å². The highest BCUT2D eigenvalue weighted by molar-refractivity contribution is 4.50. The van der Waals surface area contributed by atoms with Crippen molar-refractivity contribution in [2.24, 2.45) is 0 Å². The topological polar surface area (TPSA) is 49.7 Å². The zero-order chi connectivity index (χ0) is 7.82. The third-order valence-corrected chi connectivity index (χ3v) is 1.26. The van der Waals surface area contributed by atoms with E-state index in [9.17, 15) is 0 Å². The second kappa shape index (κ2) is 6.99. The first-order chi connectivity index (χ1) is 4.85. The highest BCUT2D eigenvalue weighted by Gasteiger charge is 2.03. The molecule has 62 valence electrons. The van der Waals surface area contributed by atoms with Crippen LogP contribution in [0.3, 0.4) is 0 Å². The van der Waals surface area contributed by atoms with Gasteiger partial charge in [0.2, 0.25) is 0 Å². The molecule has 0 saturated carbocycles. The zero-order valence-corrected chi connectivity index (χ0v) is 6.42.